The lowest BCUT2D eigenvalue weighted by Crippen LogP contribution is -2.32. The zero-order valence-corrected chi connectivity index (χ0v) is 10.4. The third-order valence-electron chi connectivity index (χ3n) is 4.85. The van der Waals surface area contributed by atoms with Crippen LogP contribution in [-0.4, -0.2) is 13.1 Å². The minimum atomic E-state index is -0.0255. The Kier molecular flexibility index (Phi) is 3.09. The number of ether oxygens (including phenoxy) is 1. The van der Waals surface area contributed by atoms with E-state index in [2.05, 4.69) is 13.5 Å². The number of carbonyl (C=O) groups is 1. The Morgan fingerprint density at radius 2 is 2.25 bits per heavy atom. The van der Waals surface area contributed by atoms with E-state index in [1.807, 2.05) is 0 Å². The molecule has 2 fully saturated rings. The summed E-state index contributed by atoms with van der Waals surface area (Å²) in [5.41, 5.74) is 1.63. The van der Waals surface area contributed by atoms with Gasteiger partial charge in [-0.05, 0) is 49.9 Å². The molecule has 0 bridgehead atoms. The van der Waals surface area contributed by atoms with Crippen molar-refractivity contribution >= 4 is 5.97 Å². The van der Waals surface area contributed by atoms with E-state index in [0.29, 0.717) is 5.92 Å². The van der Waals surface area contributed by atoms with Crippen molar-refractivity contribution in [3.05, 3.63) is 12.2 Å². The molecule has 0 saturated heterocycles. The Labute approximate surface area is 98.1 Å². The second-order valence-electron chi connectivity index (χ2n) is 5.52. The van der Waals surface area contributed by atoms with Crippen LogP contribution >= 0.6 is 0 Å². The Morgan fingerprint density at radius 1 is 1.50 bits per heavy atom. The summed E-state index contributed by atoms with van der Waals surface area (Å²) < 4.78 is 4.87. The van der Waals surface area contributed by atoms with Crippen LogP contribution in [0, 0.1) is 17.3 Å². The van der Waals surface area contributed by atoms with Gasteiger partial charge in [-0.2, -0.15) is 0 Å². The molecule has 2 saturated carbocycles. The van der Waals surface area contributed by atoms with Gasteiger partial charge in [0.15, 0.2) is 0 Å². The first kappa shape index (κ1) is 11.7. The molecule has 2 rings (SSSR count). The maximum absolute atomic E-state index is 11.6. The van der Waals surface area contributed by atoms with Gasteiger partial charge in [0.25, 0.3) is 0 Å². The van der Waals surface area contributed by atoms with Gasteiger partial charge in [-0.1, -0.05) is 19.1 Å². The zero-order chi connectivity index (χ0) is 11.8. The molecule has 0 aromatic rings. The molecule has 2 aliphatic carbocycles. The monoisotopic (exact) mass is 222 g/mol. The molecule has 2 aliphatic rings. The van der Waals surface area contributed by atoms with E-state index in [0.717, 1.165) is 25.7 Å². The first-order valence-corrected chi connectivity index (χ1v) is 6.36. The van der Waals surface area contributed by atoms with Crippen molar-refractivity contribution in [3.8, 4) is 0 Å². The van der Waals surface area contributed by atoms with Crippen LogP contribution in [0.3, 0.4) is 0 Å². The van der Waals surface area contributed by atoms with Crippen molar-refractivity contribution < 1.29 is 9.53 Å². The van der Waals surface area contributed by atoms with Crippen molar-refractivity contribution in [2.24, 2.45) is 17.3 Å². The molecular weight excluding hydrogens is 200 g/mol. The molecule has 1 spiro atoms. The molecule has 0 amide bonds. The summed E-state index contributed by atoms with van der Waals surface area (Å²) in [5, 5.41) is 0. The van der Waals surface area contributed by atoms with Crippen LogP contribution in [0.2, 0.25) is 0 Å². The molecule has 0 heterocycles. The third kappa shape index (κ3) is 1.68. The Hall–Kier alpha value is -0.790. The predicted octanol–water partition coefficient (Wildman–Crippen LogP) is 3.32. The molecule has 0 N–H and O–H groups in total. The highest BCUT2D eigenvalue weighted by Crippen LogP contribution is 2.56. The van der Waals surface area contributed by atoms with E-state index >= 15 is 0 Å². The van der Waals surface area contributed by atoms with Gasteiger partial charge in [0, 0.05) is 0 Å². The van der Waals surface area contributed by atoms with Crippen molar-refractivity contribution in [1.82, 2.24) is 0 Å². The summed E-state index contributed by atoms with van der Waals surface area (Å²) in [6, 6.07) is 0. The summed E-state index contributed by atoms with van der Waals surface area (Å²) in [6.07, 6.45) is 6.79. The molecule has 2 heteroatoms. The fourth-order valence-electron chi connectivity index (χ4n) is 3.71. The van der Waals surface area contributed by atoms with E-state index < -0.39 is 0 Å². The molecule has 16 heavy (non-hydrogen) atoms. The van der Waals surface area contributed by atoms with Gasteiger partial charge < -0.3 is 4.74 Å². The molecular formula is C14H22O2. The standard InChI is InChI=1S/C14H22O2/c1-10-5-4-6-11(2)14(10)8-7-12(9-14)13(15)16-3/h11-12H,1,4-9H2,2-3H3/t11?,12-,14+/m1/s1. The third-order valence-corrected chi connectivity index (χ3v) is 4.85. The molecule has 0 aromatic carbocycles. The minimum absolute atomic E-state index is 0.0255. The van der Waals surface area contributed by atoms with Crippen LogP contribution in [0.25, 0.3) is 0 Å². The number of allylic oxidation sites excluding steroid dienone is 1. The first-order valence-electron chi connectivity index (χ1n) is 6.36. The number of esters is 1. The second-order valence-corrected chi connectivity index (χ2v) is 5.52. The average molecular weight is 222 g/mol. The Bertz CT molecular complexity index is 308. The molecule has 3 atom stereocenters. The van der Waals surface area contributed by atoms with Crippen LogP contribution in [0.4, 0.5) is 0 Å². The maximum Gasteiger partial charge on any atom is 0.308 e. The highest BCUT2D eigenvalue weighted by Gasteiger charge is 2.48. The highest BCUT2D eigenvalue weighted by atomic mass is 16.5. The lowest BCUT2D eigenvalue weighted by Gasteiger charge is -2.42. The van der Waals surface area contributed by atoms with Gasteiger partial charge in [0.2, 0.25) is 0 Å². The van der Waals surface area contributed by atoms with Gasteiger partial charge in [-0.25, -0.2) is 0 Å². The summed E-state index contributed by atoms with van der Waals surface area (Å²) in [6.45, 7) is 6.59. The van der Waals surface area contributed by atoms with Crippen LogP contribution in [-0.2, 0) is 9.53 Å². The van der Waals surface area contributed by atoms with E-state index in [1.54, 1.807) is 0 Å². The van der Waals surface area contributed by atoms with Gasteiger partial charge in [0.05, 0.1) is 13.0 Å². The number of hydrogen-bond donors (Lipinski definition) is 0. The molecule has 0 aromatic heterocycles. The van der Waals surface area contributed by atoms with Gasteiger partial charge in [-0.15, -0.1) is 0 Å². The second kappa shape index (κ2) is 4.23. The molecule has 1 unspecified atom stereocenters. The number of methoxy groups -OCH3 is 1. The van der Waals surface area contributed by atoms with Crippen LogP contribution < -0.4 is 0 Å². The predicted molar refractivity (Wildman–Crippen MR) is 63.9 cm³/mol. The van der Waals surface area contributed by atoms with Crippen LogP contribution in [0.1, 0.15) is 45.4 Å². The zero-order valence-electron chi connectivity index (χ0n) is 10.4. The number of hydrogen-bond acceptors (Lipinski definition) is 2. The van der Waals surface area contributed by atoms with Crippen LogP contribution in [0.5, 0.6) is 0 Å². The average Bonchev–Trinajstić information content (AvgIpc) is 2.72. The SMILES string of the molecule is C=C1CCCC(C)[C@]12CC[C@@H](C(=O)OC)C2. The fraction of sp³-hybridized carbons (Fsp3) is 0.786. The van der Waals surface area contributed by atoms with Crippen molar-refractivity contribution in [2.75, 3.05) is 7.11 Å². The lowest BCUT2D eigenvalue weighted by molar-refractivity contribution is -0.145. The fourth-order valence-corrected chi connectivity index (χ4v) is 3.71. The van der Waals surface area contributed by atoms with E-state index in [9.17, 15) is 4.79 Å². The summed E-state index contributed by atoms with van der Waals surface area (Å²) >= 11 is 0. The van der Waals surface area contributed by atoms with E-state index in [-0.39, 0.29) is 17.3 Å². The lowest BCUT2D eigenvalue weighted by atomic mass is 9.63. The largest absolute Gasteiger partial charge is 0.469 e. The van der Waals surface area contributed by atoms with Crippen LogP contribution in [0.15, 0.2) is 12.2 Å². The summed E-state index contributed by atoms with van der Waals surface area (Å²) in [7, 11) is 1.49. The molecule has 0 aliphatic heterocycles. The molecule has 0 radical (unpaired) electrons. The minimum Gasteiger partial charge on any atom is -0.469 e. The number of carbonyl (C=O) groups excluding carboxylic acids is 1. The van der Waals surface area contributed by atoms with E-state index in [1.165, 1.54) is 25.5 Å². The van der Waals surface area contributed by atoms with Gasteiger partial charge in [-0.3, -0.25) is 4.79 Å². The number of rotatable bonds is 1. The van der Waals surface area contributed by atoms with Crippen molar-refractivity contribution in [2.45, 2.75) is 45.4 Å². The first-order chi connectivity index (χ1) is 7.60. The topological polar surface area (TPSA) is 26.3 Å². The Balaban J connectivity index is 2.14. The quantitative estimate of drug-likeness (QED) is 0.502. The van der Waals surface area contributed by atoms with Crippen molar-refractivity contribution in [3.63, 3.8) is 0 Å². The summed E-state index contributed by atoms with van der Waals surface area (Å²) in [4.78, 5) is 11.6. The van der Waals surface area contributed by atoms with Crippen molar-refractivity contribution in [1.29, 1.82) is 0 Å². The van der Waals surface area contributed by atoms with E-state index in [4.69, 9.17) is 4.74 Å². The smallest absolute Gasteiger partial charge is 0.308 e. The van der Waals surface area contributed by atoms with Gasteiger partial charge in [0.1, 0.15) is 0 Å². The maximum atomic E-state index is 11.6. The molecule has 90 valence electrons. The Morgan fingerprint density at radius 3 is 2.88 bits per heavy atom. The summed E-state index contributed by atoms with van der Waals surface area (Å²) in [5.74, 6) is 0.771. The normalized spacial score (nSPS) is 39.0. The highest BCUT2D eigenvalue weighted by molar-refractivity contribution is 5.72. The molecule has 2 nitrogen and oxygen atoms in total. The van der Waals surface area contributed by atoms with Gasteiger partial charge >= 0.3 is 5.97 Å².